The number of benzene rings is 1. The molecule has 1 heterocycles. The fourth-order valence-electron chi connectivity index (χ4n) is 2.18. The second kappa shape index (κ2) is 5.35. The van der Waals surface area contributed by atoms with Crippen molar-refractivity contribution in [2.75, 3.05) is 12.3 Å². The smallest absolute Gasteiger partial charge is 0.337 e. The number of likely N-dealkylation sites (tertiary alicyclic amines) is 1. The minimum Gasteiger partial charge on any atom is -0.398 e. The summed E-state index contributed by atoms with van der Waals surface area (Å²) in [5.74, 6) is -4.31. The minimum absolute atomic E-state index is 0.113. The van der Waals surface area contributed by atoms with Crippen LogP contribution in [0.2, 0.25) is 0 Å². The fourth-order valence-corrected chi connectivity index (χ4v) is 3.29. The summed E-state index contributed by atoms with van der Waals surface area (Å²) in [5.41, 5.74) is 6.87. The fraction of sp³-hybridized carbons (Fsp3) is 0.417. The van der Waals surface area contributed by atoms with Gasteiger partial charge >= 0.3 is 5.76 Å². The maximum Gasteiger partial charge on any atom is 0.337 e. The molecule has 0 aliphatic carbocycles. The Morgan fingerprint density at radius 1 is 1.35 bits per heavy atom. The maximum absolute atomic E-state index is 12.5. The molecule has 2 N–H and O–H groups in total. The highest BCUT2D eigenvalue weighted by Crippen LogP contribution is 2.25. The first-order chi connectivity index (χ1) is 9.34. The van der Waals surface area contributed by atoms with Crippen molar-refractivity contribution in [1.82, 2.24) is 4.90 Å². The summed E-state index contributed by atoms with van der Waals surface area (Å²) in [5, 5.41) is -1.65. The van der Waals surface area contributed by atoms with Crippen LogP contribution in [0.5, 0.6) is 0 Å². The molecular formula is C12H14F2N2O3S. The van der Waals surface area contributed by atoms with Gasteiger partial charge in [-0.25, -0.2) is 8.42 Å². The first kappa shape index (κ1) is 14.7. The van der Waals surface area contributed by atoms with E-state index in [1.807, 2.05) is 0 Å². The minimum atomic E-state index is -4.72. The predicted octanol–water partition coefficient (Wildman–Crippen LogP) is 1.01. The largest absolute Gasteiger partial charge is 0.398 e. The Morgan fingerprint density at radius 3 is 2.60 bits per heavy atom. The zero-order valence-electron chi connectivity index (χ0n) is 10.5. The van der Waals surface area contributed by atoms with Crippen molar-refractivity contribution in [3.8, 4) is 0 Å². The molecule has 1 saturated heterocycles. The highest BCUT2D eigenvalue weighted by Gasteiger charge is 2.45. The quantitative estimate of drug-likeness (QED) is 0.842. The molecule has 110 valence electrons. The molecule has 1 aliphatic heterocycles. The van der Waals surface area contributed by atoms with E-state index in [1.165, 1.54) is 4.90 Å². The topological polar surface area (TPSA) is 80.5 Å². The molecule has 0 saturated carbocycles. The van der Waals surface area contributed by atoms with Crippen molar-refractivity contribution in [2.24, 2.45) is 0 Å². The molecule has 0 bridgehead atoms. The number of carbonyl (C=O) groups excluding carboxylic acids is 1. The van der Waals surface area contributed by atoms with Gasteiger partial charge in [-0.05, 0) is 18.1 Å². The number of para-hydroxylation sites is 1. The molecule has 0 aromatic heterocycles. The molecular weight excluding hydrogens is 290 g/mol. The first-order valence-corrected chi connectivity index (χ1v) is 7.58. The molecule has 1 unspecified atom stereocenters. The van der Waals surface area contributed by atoms with Crippen LogP contribution >= 0.6 is 0 Å². The van der Waals surface area contributed by atoms with E-state index in [-0.39, 0.29) is 19.5 Å². The lowest BCUT2D eigenvalue weighted by molar-refractivity contribution is -0.127. The summed E-state index contributed by atoms with van der Waals surface area (Å²) in [6.07, 6.45) is -0.113. The van der Waals surface area contributed by atoms with E-state index in [1.54, 1.807) is 24.3 Å². The molecule has 0 radical (unpaired) electrons. The number of halogens is 2. The van der Waals surface area contributed by atoms with Crippen LogP contribution < -0.4 is 5.73 Å². The molecule has 1 fully saturated rings. The number of sulfone groups is 1. The Balaban J connectivity index is 2.15. The van der Waals surface area contributed by atoms with E-state index in [0.717, 1.165) is 0 Å². The Bertz CT molecular complexity index is 619. The number of hydrogen-bond acceptors (Lipinski definition) is 4. The van der Waals surface area contributed by atoms with Gasteiger partial charge in [0.25, 0.3) is 0 Å². The van der Waals surface area contributed by atoms with Crippen molar-refractivity contribution in [3.63, 3.8) is 0 Å². The number of anilines is 1. The molecule has 0 spiro atoms. The van der Waals surface area contributed by atoms with Gasteiger partial charge < -0.3 is 10.6 Å². The van der Waals surface area contributed by atoms with Gasteiger partial charge in [-0.1, -0.05) is 18.2 Å². The molecule has 1 amide bonds. The van der Waals surface area contributed by atoms with Crippen molar-refractivity contribution >= 4 is 21.4 Å². The van der Waals surface area contributed by atoms with Crippen LogP contribution in [0.25, 0.3) is 0 Å². The van der Waals surface area contributed by atoms with Gasteiger partial charge in [0.1, 0.15) is 5.25 Å². The lowest BCUT2D eigenvalue weighted by Gasteiger charge is -2.17. The molecule has 20 heavy (non-hydrogen) atoms. The van der Waals surface area contributed by atoms with Crippen LogP contribution in [0.1, 0.15) is 12.0 Å². The van der Waals surface area contributed by atoms with Crippen molar-refractivity contribution < 1.29 is 22.0 Å². The van der Waals surface area contributed by atoms with Gasteiger partial charge in [0.15, 0.2) is 0 Å². The number of carbonyl (C=O) groups is 1. The number of hydrogen-bond donors (Lipinski definition) is 1. The van der Waals surface area contributed by atoms with Crippen LogP contribution in [-0.2, 0) is 21.2 Å². The molecule has 8 heteroatoms. The SMILES string of the molecule is Nc1ccccc1CN1CCC(S(=O)(=O)C(F)F)C1=O. The number of amides is 1. The summed E-state index contributed by atoms with van der Waals surface area (Å²) in [4.78, 5) is 13.2. The number of alkyl halides is 2. The number of nitrogens with zero attached hydrogens (tertiary/aromatic N) is 1. The van der Waals surface area contributed by atoms with Gasteiger partial charge in [0.05, 0.1) is 0 Å². The Morgan fingerprint density at radius 2 is 2.00 bits per heavy atom. The van der Waals surface area contributed by atoms with E-state index >= 15 is 0 Å². The average molecular weight is 304 g/mol. The third-order valence-corrected chi connectivity index (χ3v) is 5.04. The van der Waals surface area contributed by atoms with Crippen LogP contribution in [0.3, 0.4) is 0 Å². The average Bonchev–Trinajstić information content (AvgIpc) is 2.74. The lowest BCUT2D eigenvalue weighted by atomic mass is 10.2. The standard InChI is InChI=1S/C12H14F2N2O3S/c13-12(14)20(18,19)10-5-6-16(11(10)17)7-8-3-1-2-4-9(8)15/h1-4,10,12H,5-7,15H2. The second-order valence-electron chi connectivity index (χ2n) is 4.59. The third kappa shape index (κ3) is 2.60. The van der Waals surface area contributed by atoms with Gasteiger partial charge in [-0.15, -0.1) is 0 Å². The van der Waals surface area contributed by atoms with E-state index in [4.69, 9.17) is 5.73 Å². The number of nitrogens with two attached hydrogens (primary N) is 1. The van der Waals surface area contributed by atoms with Gasteiger partial charge in [-0.2, -0.15) is 8.78 Å². The normalized spacial score (nSPS) is 19.9. The van der Waals surface area contributed by atoms with E-state index < -0.39 is 26.8 Å². The monoisotopic (exact) mass is 304 g/mol. The van der Waals surface area contributed by atoms with E-state index in [9.17, 15) is 22.0 Å². The van der Waals surface area contributed by atoms with Crippen LogP contribution in [0.15, 0.2) is 24.3 Å². The Hall–Kier alpha value is -1.70. The zero-order chi connectivity index (χ0) is 14.9. The van der Waals surface area contributed by atoms with Crippen LogP contribution in [0, 0.1) is 0 Å². The molecule has 1 aromatic rings. The number of nitrogen functional groups attached to an aromatic ring is 1. The summed E-state index contributed by atoms with van der Waals surface area (Å²) in [7, 11) is -4.72. The predicted molar refractivity (Wildman–Crippen MR) is 69.6 cm³/mol. The maximum atomic E-state index is 12.5. The molecule has 1 atom stereocenters. The highest BCUT2D eigenvalue weighted by molar-refractivity contribution is 7.93. The lowest BCUT2D eigenvalue weighted by Crippen LogP contribution is -2.36. The summed E-state index contributed by atoms with van der Waals surface area (Å²) < 4.78 is 47.7. The van der Waals surface area contributed by atoms with Crippen molar-refractivity contribution in [3.05, 3.63) is 29.8 Å². The Kier molecular flexibility index (Phi) is 3.94. The Labute approximate surface area is 115 Å². The molecule has 1 aromatic carbocycles. The van der Waals surface area contributed by atoms with Crippen molar-refractivity contribution in [2.45, 2.75) is 24.0 Å². The van der Waals surface area contributed by atoms with E-state index in [2.05, 4.69) is 0 Å². The second-order valence-corrected chi connectivity index (χ2v) is 6.69. The summed E-state index contributed by atoms with van der Waals surface area (Å²) in [6, 6.07) is 6.83. The highest BCUT2D eigenvalue weighted by atomic mass is 32.2. The third-order valence-electron chi connectivity index (χ3n) is 3.31. The number of rotatable bonds is 4. The van der Waals surface area contributed by atoms with Gasteiger partial charge in [-0.3, -0.25) is 4.79 Å². The summed E-state index contributed by atoms with van der Waals surface area (Å²) in [6.45, 7) is 0.255. The van der Waals surface area contributed by atoms with Gasteiger partial charge in [0, 0.05) is 18.8 Å². The summed E-state index contributed by atoms with van der Waals surface area (Å²) >= 11 is 0. The van der Waals surface area contributed by atoms with Gasteiger partial charge in [0.2, 0.25) is 15.7 Å². The van der Waals surface area contributed by atoms with Crippen LogP contribution in [-0.4, -0.2) is 36.8 Å². The molecule has 5 nitrogen and oxygen atoms in total. The zero-order valence-corrected chi connectivity index (χ0v) is 11.3. The van der Waals surface area contributed by atoms with Crippen molar-refractivity contribution in [1.29, 1.82) is 0 Å². The molecule has 2 rings (SSSR count). The van der Waals surface area contributed by atoms with E-state index in [0.29, 0.717) is 11.3 Å². The molecule has 1 aliphatic rings. The van der Waals surface area contributed by atoms with Crippen LogP contribution in [0.4, 0.5) is 14.5 Å². The first-order valence-electron chi connectivity index (χ1n) is 5.97.